The number of thiazole rings is 1. The summed E-state index contributed by atoms with van der Waals surface area (Å²) in [5.74, 6) is 0.357. The van der Waals surface area contributed by atoms with Crippen molar-refractivity contribution >= 4 is 22.2 Å². The van der Waals surface area contributed by atoms with E-state index in [1.54, 1.807) is 11.3 Å². The second kappa shape index (κ2) is 2.45. The second-order valence-corrected chi connectivity index (χ2v) is 3.80. The standard InChI is InChI=1S/C7H10N4S/c1-3-5-4(2)12-7-9-6(8)10-11(5)7/h3H2,1-2H3,(H2,8,10). The number of nitrogens with two attached hydrogens (primary N) is 1. The number of hydrogen-bond acceptors (Lipinski definition) is 4. The van der Waals surface area contributed by atoms with E-state index in [9.17, 15) is 0 Å². The van der Waals surface area contributed by atoms with Crippen molar-refractivity contribution in [3.8, 4) is 0 Å². The molecule has 2 heterocycles. The van der Waals surface area contributed by atoms with Gasteiger partial charge in [-0.3, -0.25) is 0 Å². The van der Waals surface area contributed by atoms with Gasteiger partial charge in [-0.15, -0.1) is 5.10 Å². The summed E-state index contributed by atoms with van der Waals surface area (Å²) in [6.45, 7) is 4.18. The largest absolute Gasteiger partial charge is 0.366 e. The summed E-state index contributed by atoms with van der Waals surface area (Å²) >= 11 is 1.63. The zero-order valence-corrected chi connectivity index (χ0v) is 7.85. The lowest BCUT2D eigenvalue weighted by Gasteiger charge is -1.92. The van der Waals surface area contributed by atoms with Crippen molar-refractivity contribution < 1.29 is 0 Å². The summed E-state index contributed by atoms with van der Waals surface area (Å²) in [7, 11) is 0. The first-order chi connectivity index (χ1) is 5.72. The molecule has 0 aliphatic heterocycles. The third kappa shape index (κ3) is 0.896. The number of nitrogens with zero attached hydrogens (tertiary/aromatic N) is 3. The fourth-order valence-corrected chi connectivity index (χ4v) is 2.30. The second-order valence-electron chi connectivity index (χ2n) is 2.62. The zero-order valence-electron chi connectivity index (χ0n) is 7.03. The van der Waals surface area contributed by atoms with Crippen LogP contribution in [-0.4, -0.2) is 14.6 Å². The van der Waals surface area contributed by atoms with E-state index < -0.39 is 0 Å². The maximum atomic E-state index is 5.47. The van der Waals surface area contributed by atoms with Crippen molar-refractivity contribution in [3.05, 3.63) is 10.6 Å². The van der Waals surface area contributed by atoms with Crippen LogP contribution in [0.3, 0.4) is 0 Å². The molecule has 0 saturated heterocycles. The Hall–Kier alpha value is -1.10. The van der Waals surface area contributed by atoms with Gasteiger partial charge in [-0.1, -0.05) is 18.3 Å². The van der Waals surface area contributed by atoms with E-state index in [-0.39, 0.29) is 0 Å². The average molecular weight is 182 g/mol. The van der Waals surface area contributed by atoms with Crippen LogP contribution in [0.4, 0.5) is 5.95 Å². The molecule has 0 bridgehead atoms. The van der Waals surface area contributed by atoms with Gasteiger partial charge in [-0.25, -0.2) is 4.52 Å². The molecule has 64 valence electrons. The quantitative estimate of drug-likeness (QED) is 0.722. The Morgan fingerprint density at radius 3 is 3.00 bits per heavy atom. The third-order valence-corrected chi connectivity index (χ3v) is 2.82. The molecule has 12 heavy (non-hydrogen) atoms. The van der Waals surface area contributed by atoms with Gasteiger partial charge in [0.15, 0.2) is 0 Å². The molecule has 0 amide bonds. The Kier molecular flexibility index (Phi) is 1.54. The summed E-state index contributed by atoms with van der Waals surface area (Å²) in [5.41, 5.74) is 6.68. The highest BCUT2D eigenvalue weighted by Gasteiger charge is 2.09. The van der Waals surface area contributed by atoms with Gasteiger partial charge in [-0.2, -0.15) is 4.98 Å². The highest BCUT2D eigenvalue weighted by atomic mass is 32.1. The summed E-state index contributed by atoms with van der Waals surface area (Å²) in [4.78, 5) is 6.25. The molecule has 0 radical (unpaired) electrons. The summed E-state index contributed by atoms with van der Waals surface area (Å²) in [6.07, 6.45) is 0.967. The van der Waals surface area contributed by atoms with Gasteiger partial charge in [0.2, 0.25) is 10.9 Å². The smallest absolute Gasteiger partial charge is 0.241 e. The summed E-state index contributed by atoms with van der Waals surface area (Å²) in [6, 6.07) is 0. The molecule has 0 aromatic carbocycles. The molecule has 0 spiro atoms. The van der Waals surface area contributed by atoms with Gasteiger partial charge in [0.1, 0.15) is 0 Å². The normalized spacial score (nSPS) is 11.2. The van der Waals surface area contributed by atoms with Crippen LogP contribution in [0.5, 0.6) is 0 Å². The predicted octanol–water partition coefficient (Wildman–Crippen LogP) is 1.24. The number of aromatic nitrogens is 3. The first kappa shape index (κ1) is 7.54. The Morgan fingerprint density at radius 1 is 1.58 bits per heavy atom. The van der Waals surface area contributed by atoms with Gasteiger partial charge in [0, 0.05) is 4.88 Å². The molecule has 4 nitrogen and oxygen atoms in total. The Balaban J connectivity index is 2.78. The third-order valence-electron chi connectivity index (χ3n) is 1.84. The van der Waals surface area contributed by atoms with Crippen molar-refractivity contribution in [1.29, 1.82) is 0 Å². The molecule has 0 saturated carbocycles. The number of rotatable bonds is 1. The van der Waals surface area contributed by atoms with Crippen molar-refractivity contribution in [2.24, 2.45) is 0 Å². The minimum atomic E-state index is 0.357. The van der Waals surface area contributed by atoms with Gasteiger partial charge < -0.3 is 5.73 Å². The molecular formula is C7H10N4S. The van der Waals surface area contributed by atoms with Crippen LogP contribution in [0.15, 0.2) is 0 Å². The molecule has 0 aliphatic rings. The first-order valence-corrected chi connectivity index (χ1v) is 4.64. The Labute approximate surface area is 74.0 Å². The average Bonchev–Trinajstić information content (AvgIpc) is 2.43. The minimum Gasteiger partial charge on any atom is -0.366 e. The Bertz CT molecular complexity index is 414. The summed E-state index contributed by atoms with van der Waals surface area (Å²) < 4.78 is 1.83. The van der Waals surface area contributed by atoms with Crippen LogP contribution in [0.1, 0.15) is 17.5 Å². The lowest BCUT2D eigenvalue weighted by atomic mass is 10.3. The molecule has 5 heteroatoms. The fourth-order valence-electron chi connectivity index (χ4n) is 1.30. The van der Waals surface area contributed by atoms with E-state index >= 15 is 0 Å². The molecule has 0 atom stereocenters. The highest BCUT2D eigenvalue weighted by molar-refractivity contribution is 7.17. The zero-order chi connectivity index (χ0) is 8.72. The van der Waals surface area contributed by atoms with Crippen LogP contribution in [0, 0.1) is 6.92 Å². The van der Waals surface area contributed by atoms with Gasteiger partial charge in [0.25, 0.3) is 0 Å². The molecule has 2 N–H and O–H groups in total. The van der Waals surface area contributed by atoms with Crippen LogP contribution in [0.2, 0.25) is 0 Å². The Morgan fingerprint density at radius 2 is 2.33 bits per heavy atom. The first-order valence-electron chi connectivity index (χ1n) is 3.83. The van der Waals surface area contributed by atoms with Crippen molar-refractivity contribution in [3.63, 3.8) is 0 Å². The number of hydrogen-bond donors (Lipinski definition) is 1. The van der Waals surface area contributed by atoms with E-state index in [0.717, 1.165) is 11.4 Å². The van der Waals surface area contributed by atoms with E-state index in [1.165, 1.54) is 10.6 Å². The molecule has 2 rings (SSSR count). The summed E-state index contributed by atoms with van der Waals surface area (Å²) in [5, 5.41) is 4.10. The lowest BCUT2D eigenvalue weighted by Crippen LogP contribution is -1.94. The highest BCUT2D eigenvalue weighted by Crippen LogP contribution is 2.21. The van der Waals surface area contributed by atoms with Gasteiger partial charge >= 0.3 is 0 Å². The van der Waals surface area contributed by atoms with Crippen LogP contribution >= 0.6 is 11.3 Å². The van der Waals surface area contributed by atoms with Crippen LogP contribution < -0.4 is 5.73 Å². The maximum absolute atomic E-state index is 5.47. The van der Waals surface area contributed by atoms with E-state index in [1.807, 2.05) is 4.52 Å². The van der Waals surface area contributed by atoms with E-state index in [2.05, 4.69) is 23.9 Å². The molecular weight excluding hydrogens is 172 g/mol. The predicted molar refractivity (Wildman–Crippen MR) is 49.4 cm³/mol. The molecule has 0 unspecified atom stereocenters. The molecule has 2 aromatic rings. The number of aryl methyl sites for hydroxylation is 2. The number of anilines is 1. The lowest BCUT2D eigenvalue weighted by molar-refractivity contribution is 0.877. The minimum absolute atomic E-state index is 0.357. The van der Waals surface area contributed by atoms with E-state index in [0.29, 0.717) is 5.95 Å². The number of nitrogen functional groups attached to an aromatic ring is 1. The van der Waals surface area contributed by atoms with Gasteiger partial charge in [0.05, 0.1) is 5.69 Å². The molecule has 0 fully saturated rings. The maximum Gasteiger partial charge on any atom is 0.241 e. The molecule has 2 aromatic heterocycles. The molecule has 0 aliphatic carbocycles. The fraction of sp³-hybridized carbons (Fsp3) is 0.429. The van der Waals surface area contributed by atoms with Crippen LogP contribution in [0.25, 0.3) is 4.96 Å². The topological polar surface area (TPSA) is 56.2 Å². The van der Waals surface area contributed by atoms with Crippen molar-refractivity contribution in [2.45, 2.75) is 20.3 Å². The van der Waals surface area contributed by atoms with Crippen molar-refractivity contribution in [1.82, 2.24) is 14.6 Å². The van der Waals surface area contributed by atoms with Crippen LogP contribution in [-0.2, 0) is 6.42 Å². The van der Waals surface area contributed by atoms with Crippen molar-refractivity contribution in [2.75, 3.05) is 5.73 Å². The number of fused-ring (bicyclic) bond motifs is 1. The van der Waals surface area contributed by atoms with Gasteiger partial charge in [-0.05, 0) is 13.3 Å². The van der Waals surface area contributed by atoms with E-state index in [4.69, 9.17) is 5.73 Å². The SMILES string of the molecule is CCc1c(C)sc2nc(N)nn12. The monoisotopic (exact) mass is 182 g/mol.